The second-order valence-corrected chi connectivity index (χ2v) is 8.41. The normalized spacial score (nSPS) is 10.5. The van der Waals surface area contributed by atoms with E-state index in [1.54, 1.807) is 7.11 Å². The third-order valence-electron chi connectivity index (χ3n) is 4.25. The molecule has 0 atom stereocenters. The standard InChI is InChI=1S/C23H23BrINO3/c1-3-28-22-13-17(14-26-19-8-10-20(27-2)11-9-19)12-21(25)23(22)29-15-16-4-6-18(24)7-5-16/h4-13,26H,3,14-15H2,1-2H3. The van der Waals surface area contributed by atoms with Crippen molar-refractivity contribution in [1.29, 1.82) is 0 Å². The average Bonchev–Trinajstić information content (AvgIpc) is 2.73. The molecule has 0 amide bonds. The molecule has 3 aromatic carbocycles. The van der Waals surface area contributed by atoms with E-state index in [0.717, 1.165) is 42.1 Å². The molecule has 0 aliphatic heterocycles. The number of nitrogens with one attached hydrogen (secondary N) is 1. The molecule has 0 aliphatic rings. The number of hydrogen-bond donors (Lipinski definition) is 1. The van der Waals surface area contributed by atoms with Crippen LogP contribution in [0.15, 0.2) is 65.1 Å². The van der Waals surface area contributed by atoms with Crippen LogP contribution in [-0.4, -0.2) is 13.7 Å². The van der Waals surface area contributed by atoms with Crippen molar-refractivity contribution < 1.29 is 14.2 Å². The molecule has 3 rings (SSSR count). The maximum Gasteiger partial charge on any atom is 0.174 e. The van der Waals surface area contributed by atoms with Crippen LogP contribution in [0.3, 0.4) is 0 Å². The number of methoxy groups -OCH3 is 1. The average molecular weight is 568 g/mol. The fourth-order valence-electron chi connectivity index (χ4n) is 2.78. The topological polar surface area (TPSA) is 39.7 Å². The molecule has 0 aliphatic carbocycles. The second kappa shape index (κ2) is 10.7. The Balaban J connectivity index is 1.71. The molecule has 0 saturated carbocycles. The first kappa shape index (κ1) is 21.8. The number of benzene rings is 3. The van der Waals surface area contributed by atoms with E-state index in [-0.39, 0.29) is 0 Å². The number of anilines is 1. The summed E-state index contributed by atoms with van der Waals surface area (Å²) in [5.74, 6) is 2.39. The largest absolute Gasteiger partial charge is 0.497 e. The molecule has 4 nitrogen and oxygen atoms in total. The smallest absolute Gasteiger partial charge is 0.174 e. The summed E-state index contributed by atoms with van der Waals surface area (Å²) in [7, 11) is 1.67. The molecule has 0 fully saturated rings. The van der Waals surface area contributed by atoms with Crippen LogP contribution in [0.4, 0.5) is 5.69 Å². The molecule has 0 radical (unpaired) electrons. The van der Waals surface area contributed by atoms with E-state index >= 15 is 0 Å². The van der Waals surface area contributed by atoms with Gasteiger partial charge in [0.25, 0.3) is 0 Å². The van der Waals surface area contributed by atoms with E-state index in [1.807, 2.05) is 61.5 Å². The minimum atomic E-state index is 0.493. The molecular weight excluding hydrogens is 545 g/mol. The van der Waals surface area contributed by atoms with Crippen molar-refractivity contribution in [2.45, 2.75) is 20.1 Å². The summed E-state index contributed by atoms with van der Waals surface area (Å²) in [4.78, 5) is 0. The van der Waals surface area contributed by atoms with E-state index in [0.29, 0.717) is 19.8 Å². The van der Waals surface area contributed by atoms with Gasteiger partial charge in [0, 0.05) is 16.7 Å². The summed E-state index contributed by atoms with van der Waals surface area (Å²) in [5, 5.41) is 3.43. The zero-order valence-electron chi connectivity index (χ0n) is 16.4. The van der Waals surface area contributed by atoms with E-state index in [2.05, 4.69) is 49.9 Å². The minimum absolute atomic E-state index is 0.493. The highest BCUT2D eigenvalue weighted by atomic mass is 127. The van der Waals surface area contributed by atoms with Crippen molar-refractivity contribution in [2.75, 3.05) is 19.0 Å². The molecular formula is C23H23BrINO3. The molecule has 0 bridgehead atoms. The molecule has 0 heterocycles. The predicted octanol–water partition coefficient (Wildman–Crippen LogP) is 6.65. The van der Waals surface area contributed by atoms with E-state index in [9.17, 15) is 0 Å². The highest BCUT2D eigenvalue weighted by Gasteiger charge is 2.13. The number of ether oxygens (including phenoxy) is 3. The van der Waals surface area contributed by atoms with Gasteiger partial charge in [-0.3, -0.25) is 0 Å². The summed E-state index contributed by atoms with van der Waals surface area (Å²) in [6.45, 7) is 3.75. The van der Waals surface area contributed by atoms with E-state index < -0.39 is 0 Å². The molecule has 0 unspecified atom stereocenters. The quantitative estimate of drug-likeness (QED) is 0.294. The lowest BCUT2D eigenvalue weighted by atomic mass is 10.2. The van der Waals surface area contributed by atoms with E-state index in [1.165, 1.54) is 0 Å². The molecule has 0 spiro atoms. The number of hydrogen-bond acceptors (Lipinski definition) is 4. The Morgan fingerprint density at radius 2 is 1.66 bits per heavy atom. The van der Waals surface area contributed by atoms with Crippen molar-refractivity contribution in [1.82, 2.24) is 0 Å². The third kappa shape index (κ3) is 6.27. The Labute approximate surface area is 193 Å². The van der Waals surface area contributed by atoms with Gasteiger partial charge in [-0.25, -0.2) is 0 Å². The molecule has 6 heteroatoms. The van der Waals surface area contributed by atoms with Gasteiger partial charge in [0.05, 0.1) is 17.3 Å². The maximum absolute atomic E-state index is 6.11. The highest BCUT2D eigenvalue weighted by Crippen LogP contribution is 2.35. The summed E-state index contributed by atoms with van der Waals surface area (Å²) >= 11 is 5.76. The Morgan fingerprint density at radius 3 is 2.31 bits per heavy atom. The first-order valence-electron chi connectivity index (χ1n) is 9.29. The fraction of sp³-hybridized carbons (Fsp3) is 0.217. The van der Waals surface area contributed by atoms with Crippen LogP contribution in [0.25, 0.3) is 0 Å². The molecule has 3 aromatic rings. The molecule has 1 N–H and O–H groups in total. The van der Waals surface area contributed by atoms with Crippen molar-refractivity contribution >= 4 is 44.2 Å². The molecule has 0 saturated heterocycles. The summed E-state index contributed by atoms with van der Waals surface area (Å²) in [6, 6.07) is 20.2. The predicted molar refractivity (Wildman–Crippen MR) is 129 cm³/mol. The van der Waals surface area contributed by atoms with Crippen molar-refractivity contribution in [2.24, 2.45) is 0 Å². The monoisotopic (exact) mass is 567 g/mol. The maximum atomic E-state index is 6.11. The second-order valence-electron chi connectivity index (χ2n) is 6.34. The lowest BCUT2D eigenvalue weighted by Crippen LogP contribution is -2.05. The van der Waals surface area contributed by atoms with E-state index in [4.69, 9.17) is 14.2 Å². The van der Waals surface area contributed by atoms with Crippen LogP contribution in [0.1, 0.15) is 18.1 Å². The number of halogens is 2. The molecule has 0 aromatic heterocycles. The van der Waals surface area contributed by atoms with Gasteiger partial charge in [0.1, 0.15) is 12.4 Å². The fourth-order valence-corrected chi connectivity index (χ4v) is 3.86. The Morgan fingerprint density at radius 1 is 0.931 bits per heavy atom. The van der Waals surface area contributed by atoms with Gasteiger partial charge < -0.3 is 19.5 Å². The minimum Gasteiger partial charge on any atom is -0.497 e. The van der Waals surface area contributed by atoms with Crippen LogP contribution in [0.2, 0.25) is 0 Å². The lowest BCUT2D eigenvalue weighted by molar-refractivity contribution is 0.267. The molecule has 152 valence electrons. The van der Waals surface area contributed by atoms with Crippen molar-refractivity contribution in [3.63, 3.8) is 0 Å². The number of rotatable bonds is 9. The van der Waals surface area contributed by atoms with Crippen LogP contribution >= 0.6 is 38.5 Å². The van der Waals surface area contributed by atoms with Gasteiger partial charge in [-0.2, -0.15) is 0 Å². The third-order valence-corrected chi connectivity index (χ3v) is 5.58. The zero-order valence-corrected chi connectivity index (χ0v) is 20.1. The van der Waals surface area contributed by atoms with Gasteiger partial charge in [0.2, 0.25) is 0 Å². The lowest BCUT2D eigenvalue weighted by Gasteiger charge is -2.16. The van der Waals surface area contributed by atoms with Crippen molar-refractivity contribution in [3.05, 3.63) is 79.8 Å². The van der Waals surface area contributed by atoms with Gasteiger partial charge in [0.15, 0.2) is 11.5 Å². The summed E-state index contributed by atoms with van der Waals surface area (Å²) < 4.78 is 19.3. The van der Waals surface area contributed by atoms with Crippen LogP contribution in [0, 0.1) is 3.57 Å². The first-order chi connectivity index (χ1) is 14.1. The molecule has 29 heavy (non-hydrogen) atoms. The van der Waals surface area contributed by atoms with Crippen LogP contribution in [-0.2, 0) is 13.2 Å². The van der Waals surface area contributed by atoms with Gasteiger partial charge in [-0.05, 0) is 89.2 Å². The summed E-state index contributed by atoms with van der Waals surface area (Å²) in [6.07, 6.45) is 0. The van der Waals surface area contributed by atoms with Crippen LogP contribution in [0.5, 0.6) is 17.2 Å². The van der Waals surface area contributed by atoms with Crippen LogP contribution < -0.4 is 19.5 Å². The van der Waals surface area contributed by atoms with Gasteiger partial charge in [-0.15, -0.1) is 0 Å². The SMILES string of the molecule is CCOc1cc(CNc2ccc(OC)cc2)cc(I)c1OCc1ccc(Br)cc1. The zero-order chi connectivity index (χ0) is 20.6. The highest BCUT2D eigenvalue weighted by molar-refractivity contribution is 14.1. The Bertz CT molecular complexity index is 930. The van der Waals surface area contributed by atoms with Gasteiger partial charge in [-0.1, -0.05) is 28.1 Å². The Kier molecular flexibility index (Phi) is 8.06. The van der Waals surface area contributed by atoms with Gasteiger partial charge >= 0.3 is 0 Å². The summed E-state index contributed by atoms with van der Waals surface area (Å²) in [5.41, 5.74) is 3.27. The Hall–Kier alpha value is -1.93. The first-order valence-corrected chi connectivity index (χ1v) is 11.2. The van der Waals surface area contributed by atoms with Crippen molar-refractivity contribution in [3.8, 4) is 17.2 Å².